The molecule has 1 amide bonds. The molecule has 5 aromatic rings. The van der Waals surface area contributed by atoms with E-state index >= 15 is 0 Å². The van der Waals surface area contributed by atoms with Gasteiger partial charge in [-0.15, -0.1) is 0 Å². The fraction of sp³-hybridized carbons (Fsp3) is 0.0385. The van der Waals surface area contributed by atoms with E-state index in [4.69, 9.17) is 49.0 Å². The molecule has 0 saturated carbocycles. The van der Waals surface area contributed by atoms with Crippen molar-refractivity contribution < 1.29 is 18.4 Å². The maximum atomic E-state index is 12.7. The zero-order valence-corrected chi connectivity index (χ0v) is 21.0. The monoisotopic (exact) mass is 537 g/mol. The Kier molecular flexibility index (Phi) is 6.65. The van der Waals surface area contributed by atoms with E-state index in [1.165, 1.54) is 13.2 Å². The molecule has 0 fully saturated rings. The van der Waals surface area contributed by atoms with Gasteiger partial charge in [-0.25, -0.2) is 4.98 Å². The predicted molar refractivity (Wildman–Crippen MR) is 144 cm³/mol. The summed E-state index contributed by atoms with van der Waals surface area (Å²) in [5.41, 5.74) is 3.23. The highest BCUT2D eigenvalue weighted by Crippen LogP contribution is 2.35. The minimum atomic E-state index is -0.536. The summed E-state index contributed by atoms with van der Waals surface area (Å²) in [6.45, 7) is 0. The van der Waals surface area contributed by atoms with Crippen molar-refractivity contribution in [3.8, 4) is 28.5 Å². The van der Waals surface area contributed by atoms with Crippen LogP contribution in [0.4, 0.5) is 5.69 Å². The number of anilines is 1. The van der Waals surface area contributed by atoms with Crippen molar-refractivity contribution in [1.29, 1.82) is 0 Å². The van der Waals surface area contributed by atoms with Gasteiger partial charge in [0.1, 0.15) is 17.0 Å². The van der Waals surface area contributed by atoms with Crippen LogP contribution in [0.5, 0.6) is 5.75 Å². The van der Waals surface area contributed by atoms with Crippen LogP contribution >= 0.6 is 35.4 Å². The number of halogens is 2. The number of benzene rings is 3. The Bertz CT molecular complexity index is 1580. The Hall–Kier alpha value is -3.85. The normalized spacial score (nSPS) is 10.9. The largest absolute Gasteiger partial charge is 0.495 e. The zero-order valence-electron chi connectivity index (χ0n) is 18.7. The van der Waals surface area contributed by atoms with Crippen molar-refractivity contribution in [2.24, 2.45) is 0 Å². The fourth-order valence-corrected chi connectivity index (χ4v) is 4.15. The summed E-state index contributed by atoms with van der Waals surface area (Å²) < 4.78 is 17.0. The topological polar surface area (TPSA) is 89.5 Å². The third-order valence-electron chi connectivity index (χ3n) is 5.26. The highest BCUT2D eigenvalue weighted by molar-refractivity contribution is 7.80. The van der Waals surface area contributed by atoms with E-state index in [9.17, 15) is 4.79 Å². The lowest BCUT2D eigenvalue weighted by Crippen LogP contribution is -2.34. The van der Waals surface area contributed by atoms with Gasteiger partial charge in [0.2, 0.25) is 5.89 Å². The van der Waals surface area contributed by atoms with Crippen LogP contribution in [-0.4, -0.2) is 23.1 Å². The second-order valence-corrected chi connectivity index (χ2v) is 8.77. The molecule has 2 aromatic heterocycles. The van der Waals surface area contributed by atoms with E-state index in [1.807, 2.05) is 30.3 Å². The number of nitrogens with zero attached hydrogens (tertiary/aromatic N) is 1. The number of carbonyl (C=O) groups excluding carboxylic acids is 1. The van der Waals surface area contributed by atoms with Gasteiger partial charge in [0, 0.05) is 11.1 Å². The number of aromatic nitrogens is 1. The zero-order chi connectivity index (χ0) is 25.2. The van der Waals surface area contributed by atoms with Gasteiger partial charge < -0.3 is 18.9 Å². The first-order valence-corrected chi connectivity index (χ1v) is 11.8. The summed E-state index contributed by atoms with van der Waals surface area (Å²) in [5, 5.41) is 6.36. The Morgan fingerprint density at radius 3 is 2.64 bits per heavy atom. The highest BCUT2D eigenvalue weighted by atomic mass is 35.5. The standard InChI is InChI=1S/C26H17Cl2N3O4S/c1-33-20-10-9-14(25-29-17-7-2-3-8-21(17)35-25)13-18(20)30-26(36)31-24(32)22-12-11-19(34-22)15-5-4-6-16(27)23(15)28/h2-13H,1H3,(H2,30,31,32,36). The lowest BCUT2D eigenvalue weighted by Gasteiger charge is -2.13. The van der Waals surface area contributed by atoms with Gasteiger partial charge in [0.15, 0.2) is 16.5 Å². The molecule has 0 aliphatic heterocycles. The summed E-state index contributed by atoms with van der Waals surface area (Å²) in [7, 11) is 1.53. The van der Waals surface area contributed by atoms with Crippen LogP contribution in [0.3, 0.4) is 0 Å². The average Bonchev–Trinajstić information content (AvgIpc) is 3.53. The van der Waals surface area contributed by atoms with Crippen molar-refractivity contribution in [2.45, 2.75) is 0 Å². The summed E-state index contributed by atoms with van der Waals surface area (Å²) in [6, 6.07) is 21.2. The van der Waals surface area contributed by atoms with Crippen LogP contribution in [0, 0.1) is 0 Å². The van der Waals surface area contributed by atoms with E-state index in [0.717, 1.165) is 5.52 Å². The maximum Gasteiger partial charge on any atom is 0.293 e. The summed E-state index contributed by atoms with van der Waals surface area (Å²) in [6.07, 6.45) is 0. The number of nitrogens with one attached hydrogen (secondary N) is 2. The van der Waals surface area contributed by atoms with E-state index in [0.29, 0.717) is 49.8 Å². The molecule has 2 heterocycles. The Morgan fingerprint density at radius 2 is 1.83 bits per heavy atom. The van der Waals surface area contributed by atoms with Gasteiger partial charge in [-0.05, 0) is 66.8 Å². The number of amides is 1. The smallest absolute Gasteiger partial charge is 0.293 e. The van der Waals surface area contributed by atoms with Crippen molar-refractivity contribution in [3.05, 3.63) is 88.6 Å². The maximum absolute atomic E-state index is 12.7. The molecular weight excluding hydrogens is 521 g/mol. The number of carbonyl (C=O) groups is 1. The van der Waals surface area contributed by atoms with Gasteiger partial charge >= 0.3 is 0 Å². The number of oxazole rings is 1. The number of ether oxygens (including phenoxy) is 1. The number of methoxy groups -OCH3 is 1. The van der Waals surface area contributed by atoms with Crippen molar-refractivity contribution in [2.75, 3.05) is 12.4 Å². The molecule has 0 saturated heterocycles. The van der Waals surface area contributed by atoms with Gasteiger partial charge in [-0.2, -0.15) is 0 Å². The van der Waals surface area contributed by atoms with Crippen LogP contribution < -0.4 is 15.4 Å². The van der Waals surface area contributed by atoms with Gasteiger partial charge in [0.25, 0.3) is 5.91 Å². The van der Waals surface area contributed by atoms with Crippen LogP contribution in [0.15, 0.2) is 81.6 Å². The molecule has 5 rings (SSSR count). The predicted octanol–water partition coefficient (Wildman–Crippen LogP) is 7.20. The first-order valence-electron chi connectivity index (χ1n) is 10.6. The first kappa shape index (κ1) is 23.9. The fourth-order valence-electron chi connectivity index (χ4n) is 3.55. The highest BCUT2D eigenvalue weighted by Gasteiger charge is 2.17. The SMILES string of the molecule is COc1ccc(-c2nc3ccccc3o2)cc1NC(=S)NC(=O)c1ccc(-c2cccc(Cl)c2Cl)o1. The van der Waals surface area contributed by atoms with Crippen molar-refractivity contribution in [3.63, 3.8) is 0 Å². The number of thiocarbonyl (C=S) groups is 1. The van der Waals surface area contributed by atoms with Crippen LogP contribution in [0.2, 0.25) is 10.0 Å². The van der Waals surface area contributed by atoms with E-state index in [-0.39, 0.29) is 10.9 Å². The molecule has 0 aliphatic carbocycles. The number of fused-ring (bicyclic) bond motifs is 1. The van der Waals surface area contributed by atoms with Crippen LogP contribution in [0.25, 0.3) is 33.9 Å². The molecule has 0 radical (unpaired) electrons. The third-order valence-corrected chi connectivity index (χ3v) is 6.29. The molecule has 10 heteroatoms. The molecule has 2 N–H and O–H groups in total. The van der Waals surface area contributed by atoms with Crippen LogP contribution in [-0.2, 0) is 0 Å². The Balaban J connectivity index is 1.33. The Morgan fingerprint density at radius 1 is 1.00 bits per heavy atom. The third kappa shape index (κ3) is 4.79. The number of para-hydroxylation sites is 2. The molecule has 0 atom stereocenters. The number of hydrogen-bond donors (Lipinski definition) is 2. The minimum absolute atomic E-state index is 0.0479. The second kappa shape index (κ2) is 10.0. The van der Waals surface area contributed by atoms with Crippen molar-refractivity contribution >= 4 is 63.2 Å². The van der Waals surface area contributed by atoms with E-state index in [2.05, 4.69) is 15.6 Å². The minimum Gasteiger partial charge on any atom is -0.495 e. The van der Waals surface area contributed by atoms with Crippen molar-refractivity contribution in [1.82, 2.24) is 10.3 Å². The summed E-state index contributed by atoms with van der Waals surface area (Å²) in [4.78, 5) is 17.3. The Labute approximate surface area is 221 Å². The summed E-state index contributed by atoms with van der Waals surface area (Å²) in [5.74, 6) is 0.879. The molecule has 180 valence electrons. The van der Waals surface area contributed by atoms with Gasteiger partial charge in [0.05, 0.1) is 22.8 Å². The number of furan rings is 1. The molecule has 7 nitrogen and oxygen atoms in total. The number of hydrogen-bond acceptors (Lipinski definition) is 6. The molecule has 0 spiro atoms. The molecule has 36 heavy (non-hydrogen) atoms. The first-order chi connectivity index (χ1) is 17.4. The molecule has 0 bridgehead atoms. The van der Waals surface area contributed by atoms with Crippen LogP contribution in [0.1, 0.15) is 10.6 Å². The van der Waals surface area contributed by atoms with E-state index in [1.54, 1.807) is 36.4 Å². The van der Waals surface area contributed by atoms with E-state index < -0.39 is 5.91 Å². The quantitative estimate of drug-likeness (QED) is 0.229. The molecular formula is C26H17Cl2N3O4S. The molecule has 0 unspecified atom stereocenters. The average molecular weight is 538 g/mol. The van der Waals surface area contributed by atoms with Gasteiger partial charge in [-0.3, -0.25) is 10.1 Å². The molecule has 0 aliphatic rings. The second-order valence-electron chi connectivity index (χ2n) is 7.58. The lowest BCUT2D eigenvalue weighted by atomic mass is 10.2. The van der Waals surface area contributed by atoms with Gasteiger partial charge in [-0.1, -0.05) is 41.4 Å². The lowest BCUT2D eigenvalue weighted by molar-refractivity contribution is 0.0951. The molecule has 3 aromatic carbocycles. The number of rotatable bonds is 5. The summed E-state index contributed by atoms with van der Waals surface area (Å²) >= 11 is 17.7.